The number of rotatable bonds is 6. The van der Waals surface area contributed by atoms with E-state index in [1.807, 2.05) is 12.1 Å². The molecule has 0 spiro atoms. The molecule has 0 aromatic heterocycles. The van der Waals surface area contributed by atoms with Crippen LogP contribution >= 0.6 is 15.9 Å². The fraction of sp³-hybridized carbons (Fsp3) is 0.571. The number of hydrogen-bond acceptors (Lipinski definition) is 3. The van der Waals surface area contributed by atoms with Gasteiger partial charge in [0.05, 0.1) is 12.7 Å². The fourth-order valence-electron chi connectivity index (χ4n) is 2.11. The normalized spacial score (nSPS) is 14.3. The summed E-state index contributed by atoms with van der Waals surface area (Å²) in [6.07, 6.45) is -0.458. The first kappa shape index (κ1) is 15.5. The van der Waals surface area contributed by atoms with E-state index < -0.39 is 6.10 Å². The number of benzene rings is 1. The first-order valence-electron chi connectivity index (χ1n) is 6.24. The van der Waals surface area contributed by atoms with Gasteiger partial charge in [0.25, 0.3) is 0 Å². The molecule has 0 saturated carbocycles. The first-order valence-corrected chi connectivity index (χ1v) is 7.03. The Balaban J connectivity index is 2.97. The Kier molecular flexibility index (Phi) is 6.12. The van der Waals surface area contributed by atoms with Gasteiger partial charge >= 0.3 is 0 Å². The van der Waals surface area contributed by atoms with Crippen molar-refractivity contribution in [3.8, 4) is 0 Å². The third-order valence-electron chi connectivity index (χ3n) is 3.05. The molecule has 0 aliphatic heterocycles. The summed E-state index contributed by atoms with van der Waals surface area (Å²) in [6, 6.07) is 6.39. The monoisotopic (exact) mass is 315 g/mol. The van der Waals surface area contributed by atoms with Crippen LogP contribution in [0.3, 0.4) is 0 Å². The van der Waals surface area contributed by atoms with Crippen LogP contribution in [0.1, 0.15) is 32.4 Å². The van der Waals surface area contributed by atoms with Gasteiger partial charge in [0.2, 0.25) is 0 Å². The van der Waals surface area contributed by atoms with E-state index in [2.05, 4.69) is 40.7 Å². The molecule has 0 bridgehead atoms. The molecule has 1 aromatic rings. The number of hydrogen-bond donors (Lipinski definition) is 1. The fourth-order valence-corrected chi connectivity index (χ4v) is 2.81. The molecule has 0 fully saturated rings. The molecule has 0 amide bonds. The van der Waals surface area contributed by atoms with E-state index in [9.17, 15) is 5.11 Å². The largest absolute Gasteiger partial charge is 0.389 e. The van der Waals surface area contributed by atoms with E-state index in [4.69, 9.17) is 4.74 Å². The molecule has 1 unspecified atom stereocenters. The molecule has 4 heteroatoms. The Morgan fingerprint density at radius 3 is 2.50 bits per heavy atom. The van der Waals surface area contributed by atoms with Gasteiger partial charge in [-0.25, -0.2) is 0 Å². The average molecular weight is 316 g/mol. The molecule has 3 nitrogen and oxygen atoms in total. The van der Waals surface area contributed by atoms with E-state index in [0.29, 0.717) is 12.6 Å². The van der Waals surface area contributed by atoms with E-state index >= 15 is 0 Å². The highest BCUT2D eigenvalue weighted by molar-refractivity contribution is 9.10. The molecular formula is C14H22BrNO2. The number of aliphatic hydroxyl groups excluding tert-OH is 1. The van der Waals surface area contributed by atoms with Crippen molar-refractivity contribution in [2.75, 3.05) is 25.2 Å². The van der Waals surface area contributed by atoms with E-state index in [1.54, 1.807) is 14.0 Å². The van der Waals surface area contributed by atoms with Crippen molar-refractivity contribution in [1.29, 1.82) is 0 Å². The van der Waals surface area contributed by atoms with Gasteiger partial charge in [-0.1, -0.05) is 22.0 Å². The predicted octanol–water partition coefficient (Wildman–Crippen LogP) is 3.36. The summed E-state index contributed by atoms with van der Waals surface area (Å²) in [7, 11) is 1.72. The number of likely N-dealkylation sites (N-methyl/N-ethyl adjacent to an activating group) is 1. The van der Waals surface area contributed by atoms with Crippen LogP contribution in [0.2, 0.25) is 0 Å². The summed E-state index contributed by atoms with van der Waals surface area (Å²) in [5.74, 6) is 0. The second-order valence-corrected chi connectivity index (χ2v) is 5.33. The Labute approximate surface area is 118 Å². The van der Waals surface area contributed by atoms with Crippen LogP contribution in [0.25, 0.3) is 0 Å². The summed E-state index contributed by atoms with van der Waals surface area (Å²) in [4.78, 5) is 2.28. The van der Waals surface area contributed by atoms with E-state index in [0.717, 1.165) is 22.3 Å². The van der Waals surface area contributed by atoms with E-state index in [1.165, 1.54) is 0 Å². The highest BCUT2D eigenvalue weighted by Gasteiger charge is 2.14. The maximum atomic E-state index is 9.62. The summed E-state index contributed by atoms with van der Waals surface area (Å²) in [5.41, 5.74) is 2.05. The molecule has 2 atom stereocenters. The standard InChI is InChI=1S/C14H22BrNO2/c1-5-16(10(2)9-18-4)12-6-7-13(11(3)17)14(15)8-12/h6-8,10-11,17H,5,9H2,1-4H3/t10?,11-/m0/s1. The average Bonchev–Trinajstić information content (AvgIpc) is 2.29. The lowest BCUT2D eigenvalue weighted by atomic mass is 10.1. The van der Waals surface area contributed by atoms with Crippen molar-refractivity contribution in [3.05, 3.63) is 28.2 Å². The summed E-state index contributed by atoms with van der Waals surface area (Å²) in [5, 5.41) is 9.62. The SMILES string of the molecule is CCN(c1ccc([C@H](C)O)c(Br)c1)C(C)COC. The predicted molar refractivity (Wildman–Crippen MR) is 79.1 cm³/mol. The van der Waals surface area contributed by atoms with Gasteiger partial charge in [0, 0.05) is 29.9 Å². The van der Waals surface area contributed by atoms with Crippen LogP contribution in [0.15, 0.2) is 22.7 Å². The van der Waals surface area contributed by atoms with Crippen LogP contribution in [0.4, 0.5) is 5.69 Å². The number of aliphatic hydroxyl groups is 1. The zero-order valence-electron chi connectivity index (χ0n) is 11.5. The second kappa shape index (κ2) is 7.12. The van der Waals surface area contributed by atoms with Crippen molar-refractivity contribution >= 4 is 21.6 Å². The second-order valence-electron chi connectivity index (χ2n) is 4.47. The van der Waals surface area contributed by atoms with Crippen LogP contribution in [-0.4, -0.2) is 31.4 Å². The lowest BCUT2D eigenvalue weighted by molar-refractivity contribution is 0.182. The van der Waals surface area contributed by atoms with Crippen LogP contribution in [0, 0.1) is 0 Å². The Morgan fingerprint density at radius 1 is 1.39 bits per heavy atom. The van der Waals surface area contributed by atoms with Gasteiger partial charge in [-0.2, -0.15) is 0 Å². The van der Waals surface area contributed by atoms with Crippen molar-refractivity contribution in [2.45, 2.75) is 32.9 Å². The van der Waals surface area contributed by atoms with Gasteiger partial charge in [-0.05, 0) is 38.5 Å². The summed E-state index contributed by atoms with van der Waals surface area (Å²) >= 11 is 3.52. The quantitative estimate of drug-likeness (QED) is 0.873. The number of ether oxygens (including phenoxy) is 1. The Morgan fingerprint density at radius 2 is 2.06 bits per heavy atom. The summed E-state index contributed by atoms with van der Waals surface area (Å²) in [6.45, 7) is 7.66. The molecule has 102 valence electrons. The topological polar surface area (TPSA) is 32.7 Å². The lowest BCUT2D eigenvalue weighted by Crippen LogP contribution is -2.36. The molecule has 0 radical (unpaired) electrons. The molecule has 1 N–H and O–H groups in total. The zero-order chi connectivity index (χ0) is 13.7. The number of nitrogens with zero attached hydrogens (tertiary/aromatic N) is 1. The highest BCUT2D eigenvalue weighted by atomic mass is 79.9. The molecule has 1 rings (SSSR count). The Hall–Kier alpha value is -0.580. The maximum Gasteiger partial charge on any atom is 0.0772 e. The summed E-state index contributed by atoms with van der Waals surface area (Å²) < 4.78 is 6.15. The van der Waals surface area contributed by atoms with Gasteiger partial charge in [-0.15, -0.1) is 0 Å². The third kappa shape index (κ3) is 3.70. The smallest absolute Gasteiger partial charge is 0.0772 e. The van der Waals surface area contributed by atoms with Crippen LogP contribution in [-0.2, 0) is 4.74 Å². The maximum absolute atomic E-state index is 9.62. The van der Waals surface area contributed by atoms with Gasteiger partial charge < -0.3 is 14.7 Å². The molecule has 1 aromatic carbocycles. The van der Waals surface area contributed by atoms with E-state index in [-0.39, 0.29) is 0 Å². The minimum absolute atomic E-state index is 0.323. The van der Waals surface area contributed by atoms with Crippen molar-refractivity contribution < 1.29 is 9.84 Å². The third-order valence-corrected chi connectivity index (χ3v) is 3.73. The molecule has 0 heterocycles. The number of methoxy groups -OCH3 is 1. The number of anilines is 1. The molecular weight excluding hydrogens is 294 g/mol. The Bertz CT molecular complexity index is 382. The van der Waals surface area contributed by atoms with Gasteiger partial charge in [-0.3, -0.25) is 0 Å². The molecule has 0 aliphatic rings. The van der Waals surface area contributed by atoms with Gasteiger partial charge in [0.1, 0.15) is 0 Å². The van der Waals surface area contributed by atoms with Crippen molar-refractivity contribution in [3.63, 3.8) is 0 Å². The molecule has 0 aliphatic carbocycles. The number of halogens is 1. The molecule has 0 saturated heterocycles. The van der Waals surface area contributed by atoms with Gasteiger partial charge in [0.15, 0.2) is 0 Å². The zero-order valence-corrected chi connectivity index (χ0v) is 13.1. The first-order chi connectivity index (χ1) is 8.51. The minimum atomic E-state index is -0.458. The minimum Gasteiger partial charge on any atom is -0.389 e. The van der Waals surface area contributed by atoms with Crippen LogP contribution in [0.5, 0.6) is 0 Å². The lowest BCUT2D eigenvalue weighted by Gasteiger charge is -2.30. The van der Waals surface area contributed by atoms with Crippen molar-refractivity contribution in [2.24, 2.45) is 0 Å². The van der Waals surface area contributed by atoms with Crippen molar-refractivity contribution in [1.82, 2.24) is 0 Å². The highest BCUT2D eigenvalue weighted by Crippen LogP contribution is 2.29. The van der Waals surface area contributed by atoms with Crippen LogP contribution < -0.4 is 4.90 Å². The molecule has 18 heavy (non-hydrogen) atoms.